The number of benzene rings is 2. The molecular formula is C19H22N2O3. The van der Waals surface area contributed by atoms with Gasteiger partial charge in [0.2, 0.25) is 11.8 Å². The molecule has 0 aliphatic rings. The van der Waals surface area contributed by atoms with Crippen LogP contribution < -0.4 is 15.0 Å². The first-order chi connectivity index (χ1) is 11.5. The Bertz CT molecular complexity index is 711. The standard InChI is InChI=1S/C19H22N2O3/c1-4-24-18-8-6-5-7-17(18)21(15(3)22)13-19(23)20-16-11-9-14(2)10-12-16/h5-12H,4,13H2,1-3H3,(H,20,23). The molecule has 0 aromatic heterocycles. The number of anilines is 2. The summed E-state index contributed by atoms with van der Waals surface area (Å²) in [6.07, 6.45) is 0. The van der Waals surface area contributed by atoms with E-state index in [1.54, 1.807) is 12.1 Å². The summed E-state index contributed by atoms with van der Waals surface area (Å²) in [6.45, 7) is 5.69. The monoisotopic (exact) mass is 326 g/mol. The maximum Gasteiger partial charge on any atom is 0.244 e. The van der Waals surface area contributed by atoms with E-state index in [4.69, 9.17) is 4.74 Å². The third kappa shape index (κ3) is 4.59. The number of rotatable bonds is 6. The molecular weight excluding hydrogens is 304 g/mol. The molecule has 24 heavy (non-hydrogen) atoms. The highest BCUT2D eigenvalue weighted by Crippen LogP contribution is 2.28. The molecule has 0 aliphatic heterocycles. The average Bonchev–Trinajstić information content (AvgIpc) is 2.56. The Hall–Kier alpha value is -2.82. The number of carbonyl (C=O) groups excluding carboxylic acids is 2. The predicted molar refractivity (Wildman–Crippen MR) is 95.4 cm³/mol. The molecule has 0 saturated carbocycles. The number of hydrogen-bond donors (Lipinski definition) is 1. The number of aryl methyl sites for hydroxylation is 1. The Kier molecular flexibility index (Phi) is 5.95. The lowest BCUT2D eigenvalue weighted by molar-refractivity contribution is -0.120. The van der Waals surface area contributed by atoms with Crippen molar-refractivity contribution in [2.24, 2.45) is 0 Å². The van der Waals surface area contributed by atoms with Gasteiger partial charge in [-0.25, -0.2) is 0 Å². The second-order valence-electron chi connectivity index (χ2n) is 5.42. The fourth-order valence-corrected chi connectivity index (χ4v) is 2.30. The average molecular weight is 326 g/mol. The molecule has 0 radical (unpaired) electrons. The molecule has 2 rings (SSSR count). The predicted octanol–water partition coefficient (Wildman–Crippen LogP) is 3.39. The van der Waals surface area contributed by atoms with Crippen LogP contribution in [0.5, 0.6) is 5.75 Å². The molecule has 2 aromatic carbocycles. The number of para-hydroxylation sites is 2. The van der Waals surface area contributed by atoms with Crippen molar-refractivity contribution in [3.63, 3.8) is 0 Å². The van der Waals surface area contributed by atoms with Crippen LogP contribution in [0.1, 0.15) is 19.4 Å². The first-order valence-corrected chi connectivity index (χ1v) is 7.87. The van der Waals surface area contributed by atoms with Crippen molar-refractivity contribution >= 4 is 23.2 Å². The molecule has 0 atom stereocenters. The normalized spacial score (nSPS) is 10.1. The third-order valence-electron chi connectivity index (χ3n) is 3.47. The van der Waals surface area contributed by atoms with Gasteiger partial charge in [0, 0.05) is 12.6 Å². The van der Waals surface area contributed by atoms with E-state index >= 15 is 0 Å². The fraction of sp³-hybridized carbons (Fsp3) is 0.263. The summed E-state index contributed by atoms with van der Waals surface area (Å²) < 4.78 is 5.56. The zero-order valence-electron chi connectivity index (χ0n) is 14.2. The first-order valence-electron chi connectivity index (χ1n) is 7.87. The van der Waals surface area contributed by atoms with Gasteiger partial charge in [-0.15, -0.1) is 0 Å². The van der Waals surface area contributed by atoms with E-state index in [0.29, 0.717) is 23.7 Å². The number of hydrogen-bond acceptors (Lipinski definition) is 3. The van der Waals surface area contributed by atoms with Gasteiger partial charge >= 0.3 is 0 Å². The van der Waals surface area contributed by atoms with Gasteiger partial charge in [0.05, 0.1) is 12.3 Å². The van der Waals surface area contributed by atoms with E-state index < -0.39 is 0 Å². The first kappa shape index (κ1) is 17.5. The van der Waals surface area contributed by atoms with Crippen LogP contribution in [-0.4, -0.2) is 25.0 Å². The van der Waals surface area contributed by atoms with Crippen molar-refractivity contribution in [3.8, 4) is 5.75 Å². The van der Waals surface area contributed by atoms with Crippen LogP contribution in [0.2, 0.25) is 0 Å². The minimum atomic E-state index is -0.264. The molecule has 0 bridgehead atoms. The number of amides is 2. The van der Waals surface area contributed by atoms with Gasteiger partial charge in [-0.1, -0.05) is 29.8 Å². The van der Waals surface area contributed by atoms with Crippen LogP contribution in [0, 0.1) is 6.92 Å². The smallest absolute Gasteiger partial charge is 0.244 e. The quantitative estimate of drug-likeness (QED) is 0.885. The Balaban J connectivity index is 2.15. The summed E-state index contributed by atoms with van der Waals surface area (Å²) >= 11 is 0. The van der Waals surface area contributed by atoms with Crippen molar-refractivity contribution in [1.29, 1.82) is 0 Å². The number of nitrogens with one attached hydrogen (secondary N) is 1. The second kappa shape index (κ2) is 8.15. The van der Waals surface area contributed by atoms with E-state index in [0.717, 1.165) is 5.56 Å². The SMILES string of the molecule is CCOc1ccccc1N(CC(=O)Nc1ccc(C)cc1)C(C)=O. The highest BCUT2D eigenvalue weighted by atomic mass is 16.5. The zero-order chi connectivity index (χ0) is 17.5. The maximum absolute atomic E-state index is 12.3. The Morgan fingerprint density at radius 2 is 1.75 bits per heavy atom. The van der Waals surface area contributed by atoms with Gasteiger partial charge in [0.25, 0.3) is 0 Å². The van der Waals surface area contributed by atoms with Crippen molar-refractivity contribution in [2.45, 2.75) is 20.8 Å². The Labute approximate surface area is 142 Å². The summed E-state index contributed by atoms with van der Waals surface area (Å²) in [5.74, 6) is 0.0971. The number of nitrogens with zero attached hydrogens (tertiary/aromatic N) is 1. The van der Waals surface area contributed by atoms with E-state index in [-0.39, 0.29) is 18.4 Å². The largest absolute Gasteiger partial charge is 0.492 e. The van der Waals surface area contributed by atoms with Crippen LogP contribution >= 0.6 is 0 Å². The van der Waals surface area contributed by atoms with E-state index in [2.05, 4.69) is 5.32 Å². The van der Waals surface area contributed by atoms with E-state index in [1.165, 1.54) is 11.8 Å². The third-order valence-corrected chi connectivity index (χ3v) is 3.47. The lowest BCUT2D eigenvalue weighted by Gasteiger charge is -2.23. The molecule has 1 N–H and O–H groups in total. The van der Waals surface area contributed by atoms with Gasteiger partial charge in [-0.3, -0.25) is 14.5 Å². The Morgan fingerprint density at radius 3 is 2.38 bits per heavy atom. The lowest BCUT2D eigenvalue weighted by atomic mass is 10.2. The molecule has 0 saturated heterocycles. The van der Waals surface area contributed by atoms with Gasteiger partial charge in [0.1, 0.15) is 12.3 Å². The molecule has 0 heterocycles. The maximum atomic E-state index is 12.3. The van der Waals surface area contributed by atoms with Crippen molar-refractivity contribution in [3.05, 3.63) is 54.1 Å². The van der Waals surface area contributed by atoms with E-state index in [1.807, 2.05) is 50.2 Å². The molecule has 0 fully saturated rings. The van der Waals surface area contributed by atoms with Gasteiger partial charge in [-0.2, -0.15) is 0 Å². The topological polar surface area (TPSA) is 58.6 Å². The van der Waals surface area contributed by atoms with Crippen LogP contribution in [0.3, 0.4) is 0 Å². The van der Waals surface area contributed by atoms with E-state index in [9.17, 15) is 9.59 Å². The minimum Gasteiger partial charge on any atom is -0.492 e. The summed E-state index contributed by atoms with van der Waals surface area (Å²) in [7, 11) is 0. The zero-order valence-corrected chi connectivity index (χ0v) is 14.2. The van der Waals surface area contributed by atoms with Crippen LogP contribution in [0.15, 0.2) is 48.5 Å². The summed E-state index contributed by atoms with van der Waals surface area (Å²) in [4.78, 5) is 25.7. The number of carbonyl (C=O) groups is 2. The van der Waals surface area contributed by atoms with Crippen LogP contribution in [-0.2, 0) is 9.59 Å². The molecule has 126 valence electrons. The summed E-state index contributed by atoms with van der Waals surface area (Å²) in [5.41, 5.74) is 2.40. The van der Waals surface area contributed by atoms with Crippen molar-refractivity contribution in [1.82, 2.24) is 0 Å². The fourth-order valence-electron chi connectivity index (χ4n) is 2.30. The number of ether oxygens (including phenoxy) is 1. The lowest BCUT2D eigenvalue weighted by Crippen LogP contribution is -2.37. The molecule has 5 heteroatoms. The van der Waals surface area contributed by atoms with Gasteiger partial charge < -0.3 is 10.1 Å². The molecule has 0 unspecified atom stereocenters. The molecule has 0 spiro atoms. The Morgan fingerprint density at radius 1 is 1.08 bits per heavy atom. The van der Waals surface area contributed by atoms with Gasteiger partial charge in [0.15, 0.2) is 0 Å². The highest BCUT2D eigenvalue weighted by molar-refractivity contribution is 6.02. The molecule has 0 aliphatic carbocycles. The summed E-state index contributed by atoms with van der Waals surface area (Å²) in [6, 6.07) is 14.7. The highest BCUT2D eigenvalue weighted by Gasteiger charge is 2.19. The van der Waals surface area contributed by atoms with Crippen molar-refractivity contribution in [2.75, 3.05) is 23.4 Å². The van der Waals surface area contributed by atoms with Crippen LogP contribution in [0.25, 0.3) is 0 Å². The van der Waals surface area contributed by atoms with Crippen LogP contribution in [0.4, 0.5) is 11.4 Å². The molecule has 5 nitrogen and oxygen atoms in total. The molecule has 2 aromatic rings. The van der Waals surface area contributed by atoms with Crippen molar-refractivity contribution < 1.29 is 14.3 Å². The molecule has 2 amide bonds. The minimum absolute atomic E-state index is 0.0761. The summed E-state index contributed by atoms with van der Waals surface area (Å²) in [5, 5.41) is 2.80. The second-order valence-corrected chi connectivity index (χ2v) is 5.42. The van der Waals surface area contributed by atoms with Gasteiger partial charge in [-0.05, 0) is 38.1 Å².